The smallest absolute Gasteiger partial charge is 0.422 e. The average Bonchev–Trinajstić information content (AvgIpc) is 3.19. The molecule has 2 amide bonds. The number of carbonyl (C=O) groups is 2. The van der Waals surface area contributed by atoms with Crippen molar-refractivity contribution in [3.63, 3.8) is 0 Å². The Morgan fingerprint density at radius 1 is 1.19 bits per heavy atom. The van der Waals surface area contributed by atoms with Gasteiger partial charge in [-0.25, -0.2) is 4.98 Å². The lowest BCUT2D eigenvalue weighted by Crippen LogP contribution is -2.41. The molecule has 2 aromatic rings. The van der Waals surface area contributed by atoms with Crippen molar-refractivity contribution in [1.82, 2.24) is 15.8 Å². The van der Waals surface area contributed by atoms with Crippen LogP contribution in [0.15, 0.2) is 24.4 Å². The molecular formula is C16H14F3N3O3S. The lowest BCUT2D eigenvalue weighted by molar-refractivity contribution is -0.154. The predicted octanol–water partition coefficient (Wildman–Crippen LogP) is 2.65. The van der Waals surface area contributed by atoms with Crippen LogP contribution in [-0.4, -0.2) is 29.6 Å². The van der Waals surface area contributed by atoms with Gasteiger partial charge in [-0.3, -0.25) is 20.4 Å². The van der Waals surface area contributed by atoms with Gasteiger partial charge in [-0.2, -0.15) is 13.2 Å². The molecule has 0 fully saturated rings. The van der Waals surface area contributed by atoms with Crippen LogP contribution in [0.5, 0.6) is 5.88 Å². The average molecular weight is 385 g/mol. The Morgan fingerprint density at radius 3 is 2.62 bits per heavy atom. The maximum atomic E-state index is 12.1. The zero-order valence-corrected chi connectivity index (χ0v) is 14.2. The largest absolute Gasteiger partial charge is 0.468 e. The number of nitrogens with zero attached hydrogens (tertiary/aromatic N) is 1. The monoisotopic (exact) mass is 385 g/mol. The first-order valence-electron chi connectivity index (χ1n) is 7.70. The minimum atomic E-state index is -4.47. The van der Waals surface area contributed by atoms with Crippen LogP contribution in [0.2, 0.25) is 0 Å². The second-order valence-corrected chi connectivity index (χ2v) is 6.75. The van der Waals surface area contributed by atoms with Gasteiger partial charge in [0.15, 0.2) is 6.61 Å². The van der Waals surface area contributed by atoms with E-state index in [0.717, 1.165) is 31.5 Å². The van der Waals surface area contributed by atoms with E-state index in [4.69, 9.17) is 0 Å². The summed E-state index contributed by atoms with van der Waals surface area (Å²) in [6.07, 6.45) is -0.389. The molecule has 0 aromatic carbocycles. The van der Waals surface area contributed by atoms with Crippen molar-refractivity contribution in [2.75, 3.05) is 6.61 Å². The Kier molecular flexibility index (Phi) is 5.12. The zero-order chi connectivity index (χ0) is 18.7. The van der Waals surface area contributed by atoms with Crippen LogP contribution < -0.4 is 15.6 Å². The van der Waals surface area contributed by atoms with E-state index >= 15 is 0 Å². The fraction of sp³-hybridized carbons (Fsp3) is 0.312. The molecule has 3 rings (SSSR count). The first kappa shape index (κ1) is 18.2. The van der Waals surface area contributed by atoms with E-state index in [9.17, 15) is 22.8 Å². The third kappa shape index (κ3) is 4.51. The maximum Gasteiger partial charge on any atom is 0.422 e. The van der Waals surface area contributed by atoms with Crippen LogP contribution in [0.1, 0.15) is 36.9 Å². The highest BCUT2D eigenvalue weighted by Crippen LogP contribution is 2.30. The topological polar surface area (TPSA) is 80.3 Å². The van der Waals surface area contributed by atoms with Crippen molar-refractivity contribution in [2.45, 2.75) is 25.4 Å². The lowest BCUT2D eigenvalue weighted by Gasteiger charge is -2.09. The molecule has 0 aliphatic heterocycles. The molecule has 1 aliphatic rings. The Morgan fingerprint density at radius 2 is 1.96 bits per heavy atom. The first-order valence-corrected chi connectivity index (χ1v) is 8.51. The highest BCUT2D eigenvalue weighted by molar-refractivity contribution is 7.14. The number of nitrogens with one attached hydrogen (secondary N) is 2. The normalized spacial score (nSPS) is 13.2. The summed E-state index contributed by atoms with van der Waals surface area (Å²) in [5.74, 6) is -1.32. The number of hydrogen-bond acceptors (Lipinski definition) is 5. The molecule has 0 saturated heterocycles. The molecule has 138 valence electrons. The number of alkyl halides is 3. The summed E-state index contributed by atoms with van der Waals surface area (Å²) in [5.41, 5.74) is 5.79. The molecule has 0 unspecified atom stereocenters. The second kappa shape index (κ2) is 7.32. The van der Waals surface area contributed by atoms with Crippen molar-refractivity contribution in [2.24, 2.45) is 0 Å². The van der Waals surface area contributed by atoms with Crippen LogP contribution in [-0.2, 0) is 12.8 Å². The van der Waals surface area contributed by atoms with Gasteiger partial charge in [0.25, 0.3) is 11.8 Å². The number of aryl methyl sites for hydroxylation is 2. The van der Waals surface area contributed by atoms with Gasteiger partial charge in [-0.1, -0.05) is 0 Å². The molecule has 2 aromatic heterocycles. The molecule has 10 heteroatoms. The molecular weight excluding hydrogens is 371 g/mol. The number of hydrogen-bond donors (Lipinski definition) is 2. The van der Waals surface area contributed by atoms with Crippen LogP contribution in [0.4, 0.5) is 13.2 Å². The molecule has 0 spiro atoms. The van der Waals surface area contributed by atoms with E-state index in [1.807, 2.05) is 6.07 Å². The number of amides is 2. The predicted molar refractivity (Wildman–Crippen MR) is 87.1 cm³/mol. The van der Waals surface area contributed by atoms with Crippen LogP contribution in [0.3, 0.4) is 0 Å². The summed E-state index contributed by atoms with van der Waals surface area (Å²) in [5, 5.41) is 0. The number of fused-ring (bicyclic) bond motifs is 1. The van der Waals surface area contributed by atoms with Gasteiger partial charge in [-0.15, -0.1) is 11.3 Å². The van der Waals surface area contributed by atoms with Gasteiger partial charge < -0.3 is 4.74 Å². The second-order valence-electron chi connectivity index (χ2n) is 5.61. The quantitative estimate of drug-likeness (QED) is 0.793. The summed E-state index contributed by atoms with van der Waals surface area (Å²) in [7, 11) is 0. The van der Waals surface area contributed by atoms with Crippen LogP contribution in [0, 0.1) is 0 Å². The van der Waals surface area contributed by atoms with Gasteiger partial charge >= 0.3 is 6.18 Å². The van der Waals surface area contributed by atoms with Crippen LogP contribution >= 0.6 is 11.3 Å². The number of halogens is 3. The van der Waals surface area contributed by atoms with Crippen molar-refractivity contribution in [3.05, 3.63) is 45.3 Å². The third-order valence-electron chi connectivity index (χ3n) is 3.64. The number of ether oxygens (including phenoxy) is 1. The van der Waals surface area contributed by atoms with Crippen molar-refractivity contribution in [3.8, 4) is 5.88 Å². The molecule has 26 heavy (non-hydrogen) atoms. The van der Waals surface area contributed by atoms with E-state index < -0.39 is 24.6 Å². The summed E-state index contributed by atoms with van der Waals surface area (Å²) in [6.45, 7) is -1.47. The molecule has 1 aliphatic carbocycles. The summed E-state index contributed by atoms with van der Waals surface area (Å²) in [4.78, 5) is 29.4. The Balaban J connectivity index is 1.52. The summed E-state index contributed by atoms with van der Waals surface area (Å²) >= 11 is 1.40. The van der Waals surface area contributed by atoms with Crippen molar-refractivity contribution in [1.29, 1.82) is 0 Å². The number of hydrazine groups is 1. The Hall–Kier alpha value is -2.62. The summed E-state index contributed by atoms with van der Waals surface area (Å²) in [6, 6.07) is 4.22. The van der Waals surface area contributed by atoms with E-state index in [-0.39, 0.29) is 11.4 Å². The number of pyridine rings is 1. The minimum absolute atomic E-state index is 0.0679. The highest BCUT2D eigenvalue weighted by Gasteiger charge is 2.28. The van der Waals surface area contributed by atoms with Crippen molar-refractivity contribution >= 4 is 23.2 Å². The van der Waals surface area contributed by atoms with E-state index in [1.165, 1.54) is 27.8 Å². The third-order valence-corrected chi connectivity index (χ3v) is 4.88. The molecule has 2 heterocycles. The fourth-order valence-electron chi connectivity index (χ4n) is 2.44. The maximum absolute atomic E-state index is 12.1. The van der Waals surface area contributed by atoms with E-state index in [0.29, 0.717) is 4.88 Å². The molecule has 0 atom stereocenters. The number of carbonyl (C=O) groups excluding carboxylic acids is 2. The molecule has 0 bridgehead atoms. The number of rotatable bonds is 4. The number of thiophene rings is 1. The first-order chi connectivity index (χ1) is 12.3. The van der Waals surface area contributed by atoms with Crippen molar-refractivity contribution < 1.29 is 27.5 Å². The fourth-order valence-corrected chi connectivity index (χ4v) is 3.59. The van der Waals surface area contributed by atoms with E-state index in [2.05, 4.69) is 20.6 Å². The van der Waals surface area contributed by atoms with Gasteiger partial charge in [-0.05, 0) is 37.0 Å². The Labute approximate surface area is 150 Å². The van der Waals surface area contributed by atoms with Gasteiger partial charge in [0.2, 0.25) is 5.88 Å². The molecule has 0 saturated carbocycles. The standard InChI is InChI=1S/C16H14F3N3O3S/c17-16(18,19)8-25-13-5-4-10(7-20-13)14(23)21-22-15(24)12-6-9-2-1-3-11(9)26-12/h4-7H,1-3,8H2,(H,21,23)(H,22,24). The zero-order valence-electron chi connectivity index (χ0n) is 13.4. The number of aromatic nitrogens is 1. The van der Waals surface area contributed by atoms with Crippen LogP contribution in [0.25, 0.3) is 0 Å². The SMILES string of the molecule is O=C(NNC(=O)c1cc2c(s1)CCC2)c1ccc(OCC(F)(F)F)nc1. The van der Waals surface area contributed by atoms with Gasteiger partial charge in [0, 0.05) is 17.1 Å². The molecule has 0 radical (unpaired) electrons. The highest BCUT2D eigenvalue weighted by atomic mass is 32.1. The minimum Gasteiger partial charge on any atom is -0.468 e. The summed E-state index contributed by atoms with van der Waals surface area (Å²) < 4.78 is 40.6. The molecule has 6 nitrogen and oxygen atoms in total. The van der Waals surface area contributed by atoms with E-state index in [1.54, 1.807) is 0 Å². The lowest BCUT2D eigenvalue weighted by atomic mass is 10.2. The molecule has 2 N–H and O–H groups in total. The van der Waals surface area contributed by atoms with Gasteiger partial charge in [0.1, 0.15) is 0 Å². The Bertz CT molecular complexity index is 797. The van der Waals surface area contributed by atoms with Gasteiger partial charge in [0.05, 0.1) is 10.4 Å².